The van der Waals surface area contributed by atoms with E-state index in [2.05, 4.69) is 30.1 Å². The number of likely N-dealkylation sites (tertiary alicyclic amines) is 2. The number of nitrogens with zero attached hydrogens (tertiary/aromatic N) is 4. The number of fused-ring (bicyclic) bond motifs is 1. The van der Waals surface area contributed by atoms with E-state index < -0.39 is 36.6 Å². The molecule has 5 unspecified atom stereocenters. The normalized spacial score (nSPS) is 18.7. The summed E-state index contributed by atoms with van der Waals surface area (Å²) < 4.78 is 51.8. The van der Waals surface area contributed by atoms with E-state index in [0.29, 0.717) is 29.6 Å². The Hall–Kier alpha value is -5.95. The summed E-state index contributed by atoms with van der Waals surface area (Å²) in [4.78, 5) is 57.6. The number of carbonyl (C=O) groups excluding carboxylic acids is 4. The summed E-state index contributed by atoms with van der Waals surface area (Å²) >= 11 is 5.85. The van der Waals surface area contributed by atoms with Crippen molar-refractivity contribution in [1.29, 1.82) is 0 Å². The van der Waals surface area contributed by atoms with Crippen molar-refractivity contribution in [3.63, 3.8) is 0 Å². The van der Waals surface area contributed by atoms with E-state index in [4.69, 9.17) is 31.5 Å². The first kappa shape index (κ1) is 54.4. The maximum absolute atomic E-state index is 13.4. The highest BCUT2D eigenvalue weighted by Crippen LogP contribution is 2.42. The molecule has 3 amide bonds. The van der Waals surface area contributed by atoms with Gasteiger partial charge < -0.3 is 39.6 Å². The standard InChI is InChI=1S/C24H26ClF2N3O6.C9H11NO.C6H8N2.C6H11NO2.C2H6/c1-12(2)34-22(32)20-16(9-14-5-8-19(25)28-11-14)21(31)30(20)23(33-4)29-13(3)15-6-7-17-18(10-15)36-24(26,27)35-17;1-8(10-7-11)9-5-3-2-4-6-9;1-5-2-3-8-6(7)4-5;1-3-9-6-4-5(8)7(6)2;1-2/h5-8,10-13,16,20,23,29H,9H2,1-4H3;2-8H,1H3,(H,10,11);2-4H,1H3,(H2,7,8);6H,3-4H2,1-2H3;1-2H3/t13?,16-,20?,23?;;;;/m1..../s1. The summed E-state index contributed by atoms with van der Waals surface area (Å²) in [5, 5.41) is 6.12. The number of amides is 3. The van der Waals surface area contributed by atoms with Crippen molar-refractivity contribution in [2.75, 3.05) is 26.5 Å². The fourth-order valence-corrected chi connectivity index (χ4v) is 6.66. The van der Waals surface area contributed by atoms with Crippen LogP contribution in [0.3, 0.4) is 0 Å². The second kappa shape index (κ2) is 26.3. The number of pyridine rings is 2. The lowest BCUT2D eigenvalue weighted by molar-refractivity contribution is -0.286. The number of benzene rings is 2. The minimum Gasteiger partial charge on any atom is -0.461 e. The van der Waals surface area contributed by atoms with E-state index in [1.165, 1.54) is 24.1 Å². The lowest BCUT2D eigenvalue weighted by Gasteiger charge is -2.49. The number of nitrogens with one attached hydrogen (secondary N) is 2. The Morgan fingerprint density at radius 2 is 1.67 bits per heavy atom. The van der Waals surface area contributed by atoms with Crippen LogP contribution in [0.15, 0.2) is 85.2 Å². The van der Waals surface area contributed by atoms with Crippen LogP contribution >= 0.6 is 11.6 Å². The van der Waals surface area contributed by atoms with Crippen molar-refractivity contribution in [2.45, 2.75) is 111 Å². The lowest BCUT2D eigenvalue weighted by Crippen LogP contribution is -2.71. The monoisotopic (exact) mass is 941 g/mol. The van der Waals surface area contributed by atoms with Gasteiger partial charge in [-0.05, 0) is 101 Å². The first-order valence-electron chi connectivity index (χ1n) is 21.5. The number of halogens is 3. The Kier molecular flexibility index (Phi) is 21.6. The van der Waals surface area contributed by atoms with Gasteiger partial charge in [-0.1, -0.05) is 67.9 Å². The Bertz CT molecular complexity index is 2140. The summed E-state index contributed by atoms with van der Waals surface area (Å²) in [6, 6.07) is 20.0. The molecule has 2 fully saturated rings. The zero-order valence-electron chi connectivity index (χ0n) is 39.0. The molecular weight excluding hydrogens is 880 g/mol. The topological polar surface area (TPSA) is 197 Å². The summed E-state index contributed by atoms with van der Waals surface area (Å²) in [7, 11) is 3.14. The van der Waals surface area contributed by atoms with Crippen LogP contribution in [0.2, 0.25) is 5.15 Å². The Morgan fingerprint density at radius 3 is 2.20 bits per heavy atom. The first-order chi connectivity index (χ1) is 31.4. The van der Waals surface area contributed by atoms with Crippen LogP contribution in [0.5, 0.6) is 11.5 Å². The predicted octanol–water partition coefficient (Wildman–Crippen LogP) is 7.36. The molecule has 4 N–H and O–H groups in total. The van der Waals surface area contributed by atoms with Crippen LogP contribution < -0.4 is 25.8 Å². The number of alkyl halides is 2. The van der Waals surface area contributed by atoms with Crippen LogP contribution in [0.1, 0.15) is 89.2 Å². The molecule has 0 spiro atoms. The summed E-state index contributed by atoms with van der Waals surface area (Å²) in [5.41, 5.74) is 8.94. The third-order valence-electron chi connectivity index (χ3n) is 9.97. The molecule has 6 atom stereocenters. The van der Waals surface area contributed by atoms with Crippen molar-refractivity contribution >= 4 is 41.6 Å². The molecule has 5 heterocycles. The summed E-state index contributed by atoms with van der Waals surface area (Å²) in [6.45, 7) is 15.7. The predicted molar refractivity (Wildman–Crippen MR) is 245 cm³/mol. The van der Waals surface area contributed by atoms with E-state index in [9.17, 15) is 28.0 Å². The number of methoxy groups -OCH3 is 1. The second-order valence-corrected chi connectivity index (χ2v) is 15.5. The van der Waals surface area contributed by atoms with Gasteiger partial charge in [-0.3, -0.25) is 24.6 Å². The van der Waals surface area contributed by atoms with E-state index in [0.717, 1.165) is 23.1 Å². The van der Waals surface area contributed by atoms with Crippen molar-refractivity contribution in [3.05, 3.63) is 113 Å². The second-order valence-electron chi connectivity index (χ2n) is 15.1. The minimum atomic E-state index is -3.73. The summed E-state index contributed by atoms with van der Waals surface area (Å²) in [5.74, 6) is -0.963. The maximum atomic E-state index is 13.4. The van der Waals surface area contributed by atoms with Gasteiger partial charge in [0.2, 0.25) is 18.2 Å². The molecule has 3 aliphatic heterocycles. The molecule has 360 valence electrons. The number of hydrogen-bond donors (Lipinski definition) is 3. The zero-order chi connectivity index (χ0) is 49.1. The number of β-lactam (4-membered cyclic amide) rings is 2. The average molecular weight is 943 g/mol. The van der Waals surface area contributed by atoms with Crippen molar-refractivity contribution in [1.82, 2.24) is 30.4 Å². The molecule has 4 aromatic rings. The summed E-state index contributed by atoms with van der Waals surface area (Å²) in [6.07, 6.45) is -0.249. The van der Waals surface area contributed by atoms with Crippen LogP contribution in [-0.4, -0.2) is 95.7 Å². The number of carbonyl (C=O) groups is 4. The highest BCUT2D eigenvalue weighted by Gasteiger charge is 2.55. The van der Waals surface area contributed by atoms with Crippen molar-refractivity contribution in [2.24, 2.45) is 5.92 Å². The van der Waals surface area contributed by atoms with E-state index in [1.54, 1.807) is 63.3 Å². The van der Waals surface area contributed by atoms with Gasteiger partial charge >= 0.3 is 12.3 Å². The van der Waals surface area contributed by atoms with Gasteiger partial charge in [-0.15, -0.1) is 8.78 Å². The molecule has 0 saturated carbocycles. The molecule has 3 aliphatic rings. The van der Waals surface area contributed by atoms with Crippen LogP contribution in [0.25, 0.3) is 0 Å². The number of rotatable bonds is 14. The van der Waals surface area contributed by atoms with Gasteiger partial charge in [-0.2, -0.15) is 0 Å². The highest BCUT2D eigenvalue weighted by molar-refractivity contribution is 6.29. The van der Waals surface area contributed by atoms with Gasteiger partial charge in [0.15, 0.2) is 17.9 Å². The number of aromatic nitrogens is 2. The van der Waals surface area contributed by atoms with Crippen LogP contribution in [-0.2, 0) is 39.8 Å². The van der Waals surface area contributed by atoms with E-state index in [-0.39, 0.29) is 48.1 Å². The minimum absolute atomic E-state index is 0.0579. The molecule has 19 heteroatoms. The Balaban J connectivity index is 0.000000308. The van der Waals surface area contributed by atoms with E-state index >= 15 is 0 Å². The molecule has 0 aliphatic carbocycles. The van der Waals surface area contributed by atoms with Crippen LogP contribution in [0.4, 0.5) is 14.6 Å². The molecule has 2 aromatic heterocycles. The van der Waals surface area contributed by atoms with Gasteiger partial charge in [0.05, 0.1) is 24.5 Å². The third kappa shape index (κ3) is 15.9. The molecule has 2 aromatic carbocycles. The highest BCUT2D eigenvalue weighted by atomic mass is 35.5. The zero-order valence-corrected chi connectivity index (χ0v) is 39.8. The van der Waals surface area contributed by atoms with Crippen molar-refractivity contribution < 1.29 is 51.6 Å². The number of esters is 1. The average Bonchev–Trinajstić information content (AvgIpc) is 3.61. The smallest absolute Gasteiger partial charge is 0.461 e. The molecule has 7 rings (SSSR count). The Morgan fingerprint density at radius 1 is 0.985 bits per heavy atom. The lowest BCUT2D eigenvalue weighted by atomic mass is 9.82. The number of anilines is 1. The number of nitrogen functional groups attached to an aromatic ring is 1. The fraction of sp³-hybridized carbons (Fsp3) is 0.447. The molecule has 0 bridgehead atoms. The molecule has 66 heavy (non-hydrogen) atoms. The number of aryl methyl sites for hydroxylation is 1. The van der Waals surface area contributed by atoms with Gasteiger partial charge in [0.1, 0.15) is 23.2 Å². The third-order valence-corrected chi connectivity index (χ3v) is 10.2. The maximum Gasteiger partial charge on any atom is 0.586 e. The van der Waals surface area contributed by atoms with E-state index in [1.807, 2.05) is 77.1 Å². The molecule has 0 radical (unpaired) electrons. The Labute approximate surface area is 390 Å². The molecule has 16 nitrogen and oxygen atoms in total. The van der Waals surface area contributed by atoms with Crippen LogP contribution in [0, 0.1) is 12.8 Å². The van der Waals surface area contributed by atoms with Gasteiger partial charge in [0, 0.05) is 39.2 Å². The first-order valence-corrected chi connectivity index (χ1v) is 21.9. The fourth-order valence-electron chi connectivity index (χ4n) is 6.54. The number of hydrogen-bond acceptors (Lipinski definition) is 13. The number of ether oxygens (including phenoxy) is 5. The SMILES string of the molecule is CC.CC(NC=O)c1ccccc1.CCOC1CC(=O)N1C.COC(NC(C)c1ccc2c(c1)OC(F)(F)O2)N1C(=O)[C@H](Cc2ccc(Cl)nc2)C1C(=O)OC(C)C.Cc1ccnc(N)c1. The largest absolute Gasteiger partial charge is 0.586 e. The number of nitrogens with two attached hydrogens (primary N) is 1. The van der Waals surface area contributed by atoms with Gasteiger partial charge in [0.25, 0.3) is 0 Å². The molecule has 2 saturated heterocycles. The quantitative estimate of drug-likeness (QED) is 0.0373. The molecular formula is C47H62ClF2N7O9. The van der Waals surface area contributed by atoms with Gasteiger partial charge in [-0.25, -0.2) is 14.8 Å². The van der Waals surface area contributed by atoms with Crippen molar-refractivity contribution in [3.8, 4) is 11.5 Å².